The number of hydrogen-bond donors (Lipinski definition) is 2. The number of aliphatic hydroxyl groups is 1. The van der Waals surface area contributed by atoms with Crippen molar-refractivity contribution in [2.45, 2.75) is 63.5 Å². The maximum atomic E-state index is 12.8. The number of hydrogen-bond acceptors (Lipinski definition) is 4. The van der Waals surface area contributed by atoms with Crippen molar-refractivity contribution in [3.05, 3.63) is 41.2 Å². The van der Waals surface area contributed by atoms with Crippen molar-refractivity contribution in [3.8, 4) is 5.69 Å². The van der Waals surface area contributed by atoms with Crippen molar-refractivity contribution in [2.75, 3.05) is 0 Å². The third-order valence-corrected chi connectivity index (χ3v) is 5.21. The van der Waals surface area contributed by atoms with Crippen LogP contribution < -0.4 is 5.32 Å². The van der Waals surface area contributed by atoms with Gasteiger partial charge in [0.05, 0.1) is 23.5 Å². The minimum Gasteiger partial charge on any atom is -0.391 e. The van der Waals surface area contributed by atoms with Gasteiger partial charge in [0.15, 0.2) is 5.69 Å². The molecule has 0 aliphatic heterocycles. The zero-order valence-electron chi connectivity index (χ0n) is 14.5. The van der Waals surface area contributed by atoms with E-state index in [9.17, 15) is 9.90 Å². The molecule has 1 aromatic carbocycles. The van der Waals surface area contributed by atoms with E-state index in [1.807, 2.05) is 31.2 Å². The summed E-state index contributed by atoms with van der Waals surface area (Å²) in [6.07, 6.45) is 5.28. The average Bonchev–Trinajstić information content (AvgIpc) is 3.36. The molecule has 2 unspecified atom stereocenters. The van der Waals surface area contributed by atoms with Gasteiger partial charge in [-0.25, -0.2) is 4.68 Å². The first-order valence-corrected chi connectivity index (χ1v) is 9.15. The Bertz CT molecular complexity index is 764. The molecule has 25 heavy (non-hydrogen) atoms. The summed E-state index contributed by atoms with van der Waals surface area (Å²) in [5, 5.41) is 21.5. The minimum atomic E-state index is -0.464. The van der Waals surface area contributed by atoms with Crippen LogP contribution in [-0.4, -0.2) is 38.2 Å². The second kappa shape index (κ2) is 6.59. The predicted molar refractivity (Wildman–Crippen MR) is 93.8 cm³/mol. The summed E-state index contributed by atoms with van der Waals surface area (Å²) in [4.78, 5) is 12.8. The fraction of sp³-hybridized carbons (Fsp3) is 0.526. The van der Waals surface area contributed by atoms with Gasteiger partial charge in [-0.1, -0.05) is 35.8 Å². The first-order valence-electron chi connectivity index (χ1n) is 9.15. The monoisotopic (exact) mass is 340 g/mol. The maximum absolute atomic E-state index is 12.8. The highest BCUT2D eigenvalue weighted by Crippen LogP contribution is 2.42. The molecule has 0 bridgehead atoms. The SMILES string of the molecule is Cc1ccc(-n2nnc(C(=O)NC3CCCCC3O)c2C2CC2)cc1. The lowest BCUT2D eigenvalue weighted by atomic mass is 9.92. The van der Waals surface area contributed by atoms with Crippen LogP contribution in [0, 0.1) is 6.92 Å². The second-order valence-corrected chi connectivity index (χ2v) is 7.28. The van der Waals surface area contributed by atoms with Gasteiger partial charge in [-0.2, -0.15) is 0 Å². The molecule has 1 aromatic heterocycles. The van der Waals surface area contributed by atoms with Crippen LogP contribution >= 0.6 is 0 Å². The summed E-state index contributed by atoms with van der Waals surface area (Å²) in [6, 6.07) is 7.89. The number of nitrogens with one attached hydrogen (secondary N) is 1. The molecule has 2 atom stereocenters. The maximum Gasteiger partial charge on any atom is 0.274 e. The van der Waals surface area contributed by atoms with Crippen molar-refractivity contribution in [1.82, 2.24) is 20.3 Å². The fourth-order valence-electron chi connectivity index (χ4n) is 3.57. The van der Waals surface area contributed by atoms with E-state index in [1.165, 1.54) is 5.56 Å². The number of amides is 1. The van der Waals surface area contributed by atoms with E-state index in [1.54, 1.807) is 4.68 Å². The number of rotatable bonds is 4. The number of nitrogens with zero attached hydrogens (tertiary/aromatic N) is 3. The smallest absolute Gasteiger partial charge is 0.274 e. The molecular formula is C19H24N4O2. The van der Waals surface area contributed by atoms with Crippen molar-refractivity contribution < 1.29 is 9.90 Å². The van der Waals surface area contributed by atoms with E-state index in [4.69, 9.17) is 0 Å². The van der Waals surface area contributed by atoms with E-state index in [-0.39, 0.29) is 11.9 Å². The predicted octanol–water partition coefficient (Wildman–Crippen LogP) is 2.49. The summed E-state index contributed by atoms with van der Waals surface area (Å²) in [5.41, 5.74) is 3.41. The summed E-state index contributed by atoms with van der Waals surface area (Å²) < 4.78 is 1.79. The molecule has 4 rings (SSSR count). The van der Waals surface area contributed by atoms with Crippen LogP contribution in [0.25, 0.3) is 5.69 Å². The number of carbonyl (C=O) groups is 1. The molecular weight excluding hydrogens is 316 g/mol. The largest absolute Gasteiger partial charge is 0.391 e. The van der Waals surface area contributed by atoms with Crippen molar-refractivity contribution >= 4 is 5.91 Å². The van der Waals surface area contributed by atoms with Gasteiger partial charge >= 0.3 is 0 Å². The Morgan fingerprint density at radius 2 is 1.88 bits per heavy atom. The molecule has 2 aliphatic carbocycles. The van der Waals surface area contributed by atoms with E-state index in [2.05, 4.69) is 15.6 Å². The Labute approximate surface area is 147 Å². The first kappa shape index (κ1) is 16.3. The van der Waals surface area contributed by atoms with Crippen LogP contribution in [-0.2, 0) is 0 Å². The normalized spacial score (nSPS) is 23.4. The Kier molecular flexibility index (Phi) is 4.29. The highest BCUT2D eigenvalue weighted by molar-refractivity contribution is 5.94. The van der Waals surface area contributed by atoms with Gasteiger partial charge in [-0.15, -0.1) is 5.10 Å². The molecule has 132 valence electrons. The third kappa shape index (κ3) is 3.31. The summed E-state index contributed by atoms with van der Waals surface area (Å²) in [6.45, 7) is 2.04. The van der Waals surface area contributed by atoms with Crippen molar-refractivity contribution in [3.63, 3.8) is 0 Å². The number of aryl methyl sites for hydroxylation is 1. The van der Waals surface area contributed by atoms with E-state index >= 15 is 0 Å². The Balaban J connectivity index is 1.61. The molecule has 6 heteroatoms. The van der Waals surface area contributed by atoms with Gasteiger partial charge in [0.1, 0.15) is 0 Å². The molecule has 2 aliphatic rings. The van der Waals surface area contributed by atoms with Crippen molar-refractivity contribution in [1.29, 1.82) is 0 Å². The Morgan fingerprint density at radius 3 is 2.56 bits per heavy atom. The summed E-state index contributed by atoms with van der Waals surface area (Å²) in [7, 11) is 0. The van der Waals surface area contributed by atoms with Crippen LogP contribution in [0.1, 0.15) is 66.2 Å². The molecule has 2 fully saturated rings. The topological polar surface area (TPSA) is 80.0 Å². The molecule has 1 amide bonds. The Hall–Kier alpha value is -2.21. The summed E-state index contributed by atoms with van der Waals surface area (Å²) in [5.74, 6) is 0.125. The molecule has 6 nitrogen and oxygen atoms in total. The quantitative estimate of drug-likeness (QED) is 0.896. The van der Waals surface area contributed by atoms with E-state index < -0.39 is 6.10 Å². The number of aliphatic hydroxyl groups excluding tert-OH is 1. The lowest BCUT2D eigenvalue weighted by Crippen LogP contribution is -2.45. The highest BCUT2D eigenvalue weighted by Gasteiger charge is 2.35. The van der Waals surface area contributed by atoms with Gasteiger partial charge in [0.25, 0.3) is 5.91 Å². The van der Waals surface area contributed by atoms with Crippen molar-refractivity contribution in [2.24, 2.45) is 0 Å². The lowest BCUT2D eigenvalue weighted by molar-refractivity contribution is 0.0713. The fourth-order valence-corrected chi connectivity index (χ4v) is 3.57. The van der Waals surface area contributed by atoms with Gasteiger partial charge in [-0.3, -0.25) is 4.79 Å². The van der Waals surface area contributed by atoms with Crippen LogP contribution in [0.15, 0.2) is 24.3 Å². The average molecular weight is 340 g/mol. The zero-order chi connectivity index (χ0) is 17.4. The van der Waals surface area contributed by atoms with Gasteiger partial charge in [0.2, 0.25) is 0 Å². The second-order valence-electron chi connectivity index (χ2n) is 7.28. The van der Waals surface area contributed by atoms with Crippen LogP contribution in [0.3, 0.4) is 0 Å². The molecule has 0 saturated heterocycles. The Morgan fingerprint density at radius 1 is 1.16 bits per heavy atom. The van der Waals surface area contributed by atoms with Crippen LogP contribution in [0.5, 0.6) is 0 Å². The molecule has 2 N–H and O–H groups in total. The van der Waals surface area contributed by atoms with Crippen LogP contribution in [0.4, 0.5) is 0 Å². The molecule has 2 saturated carbocycles. The minimum absolute atomic E-state index is 0.183. The number of benzene rings is 1. The molecule has 1 heterocycles. The van der Waals surface area contributed by atoms with Gasteiger partial charge in [0, 0.05) is 5.92 Å². The zero-order valence-corrected chi connectivity index (χ0v) is 14.5. The molecule has 2 aromatic rings. The molecule has 0 spiro atoms. The van der Waals surface area contributed by atoms with E-state index in [0.29, 0.717) is 11.6 Å². The molecule has 0 radical (unpaired) electrons. The number of carbonyl (C=O) groups excluding carboxylic acids is 1. The summed E-state index contributed by atoms with van der Waals surface area (Å²) >= 11 is 0. The van der Waals surface area contributed by atoms with E-state index in [0.717, 1.165) is 49.9 Å². The van der Waals surface area contributed by atoms with Crippen LogP contribution in [0.2, 0.25) is 0 Å². The third-order valence-electron chi connectivity index (χ3n) is 5.21. The standard InChI is InChI=1S/C19H24N4O2/c1-12-6-10-14(11-7-12)23-18(13-8-9-13)17(21-22-23)19(25)20-15-4-2-3-5-16(15)24/h6-7,10-11,13,15-16,24H,2-5,8-9H2,1H3,(H,20,25). The van der Waals surface area contributed by atoms with Gasteiger partial charge < -0.3 is 10.4 Å². The van der Waals surface area contributed by atoms with Gasteiger partial charge in [-0.05, 0) is 44.7 Å². The lowest BCUT2D eigenvalue weighted by Gasteiger charge is -2.28. The highest BCUT2D eigenvalue weighted by atomic mass is 16.3. The number of aromatic nitrogens is 3. The first-order chi connectivity index (χ1) is 12.1.